The van der Waals surface area contributed by atoms with E-state index in [0.717, 1.165) is 4.31 Å². The number of anilines is 2. The smallest absolute Gasteiger partial charge is 0.338 e. The second kappa shape index (κ2) is 10.3. The number of rotatable bonds is 8. The molecule has 0 atom stereocenters. The van der Waals surface area contributed by atoms with E-state index >= 15 is 0 Å². The summed E-state index contributed by atoms with van der Waals surface area (Å²) in [6.07, 6.45) is 0. The lowest BCUT2D eigenvalue weighted by molar-refractivity contribution is -0.114. The molecule has 0 aliphatic rings. The summed E-state index contributed by atoms with van der Waals surface area (Å²) >= 11 is 5.94. The topological polar surface area (TPSA) is 92.8 Å². The fourth-order valence-electron chi connectivity index (χ4n) is 2.91. The Hall–Kier alpha value is -3.36. The number of ether oxygens (including phenoxy) is 1. The van der Waals surface area contributed by atoms with Gasteiger partial charge in [-0.1, -0.05) is 35.9 Å². The zero-order valence-electron chi connectivity index (χ0n) is 17.2. The number of nitrogens with one attached hydrogen (secondary N) is 1. The number of esters is 1. The van der Waals surface area contributed by atoms with Gasteiger partial charge in [0.15, 0.2) is 0 Å². The molecule has 0 unspecified atom stereocenters. The fourth-order valence-corrected chi connectivity index (χ4v) is 4.48. The van der Waals surface area contributed by atoms with Crippen LogP contribution in [0.25, 0.3) is 0 Å². The van der Waals surface area contributed by atoms with Crippen molar-refractivity contribution in [3.05, 3.63) is 89.4 Å². The third-order valence-electron chi connectivity index (χ3n) is 4.39. The summed E-state index contributed by atoms with van der Waals surface area (Å²) in [6, 6.07) is 20.2. The first-order valence-corrected chi connectivity index (χ1v) is 11.5. The van der Waals surface area contributed by atoms with E-state index in [1.165, 1.54) is 30.3 Å². The van der Waals surface area contributed by atoms with Gasteiger partial charge in [-0.15, -0.1) is 0 Å². The van der Waals surface area contributed by atoms with E-state index in [9.17, 15) is 18.0 Å². The van der Waals surface area contributed by atoms with Gasteiger partial charge in [-0.3, -0.25) is 9.10 Å². The van der Waals surface area contributed by atoms with Gasteiger partial charge >= 0.3 is 5.97 Å². The Balaban J connectivity index is 1.87. The standard InChI is InChI=1S/C23H21ClN2O5S/c1-2-31-23(28)17-7-6-8-19(15-17)25-22(27)16-26(20-13-11-18(24)12-14-20)32(29,30)21-9-4-3-5-10-21/h3-15H,2,16H2,1H3,(H,25,27). The number of hydrogen-bond donors (Lipinski definition) is 1. The molecule has 166 valence electrons. The van der Waals surface area contributed by atoms with Crippen molar-refractivity contribution >= 4 is 44.9 Å². The van der Waals surface area contributed by atoms with Crippen LogP contribution in [0.3, 0.4) is 0 Å². The molecule has 0 radical (unpaired) electrons. The number of nitrogens with zero attached hydrogens (tertiary/aromatic N) is 1. The minimum absolute atomic E-state index is 0.0482. The van der Waals surface area contributed by atoms with Crippen molar-refractivity contribution in [1.29, 1.82) is 0 Å². The zero-order valence-corrected chi connectivity index (χ0v) is 18.8. The summed E-state index contributed by atoms with van der Waals surface area (Å²) < 4.78 is 32.5. The van der Waals surface area contributed by atoms with Crippen LogP contribution in [0.1, 0.15) is 17.3 Å². The summed E-state index contributed by atoms with van der Waals surface area (Å²) in [7, 11) is -4.03. The van der Waals surface area contributed by atoms with Crippen molar-refractivity contribution in [2.75, 3.05) is 22.8 Å². The van der Waals surface area contributed by atoms with Crippen LogP contribution in [-0.2, 0) is 19.6 Å². The summed E-state index contributed by atoms with van der Waals surface area (Å²) in [6.45, 7) is 1.44. The van der Waals surface area contributed by atoms with Gasteiger partial charge in [0.2, 0.25) is 5.91 Å². The van der Waals surface area contributed by atoms with Crippen LogP contribution in [0.4, 0.5) is 11.4 Å². The molecule has 0 aliphatic carbocycles. The summed E-state index contributed by atoms with van der Waals surface area (Å²) in [5, 5.41) is 3.07. The third-order valence-corrected chi connectivity index (χ3v) is 6.43. The lowest BCUT2D eigenvalue weighted by Gasteiger charge is -2.24. The van der Waals surface area contributed by atoms with E-state index in [1.807, 2.05) is 0 Å². The maximum Gasteiger partial charge on any atom is 0.338 e. The van der Waals surface area contributed by atoms with Gasteiger partial charge in [0.05, 0.1) is 22.8 Å². The maximum absolute atomic E-state index is 13.3. The van der Waals surface area contributed by atoms with Gasteiger partial charge in [-0.05, 0) is 61.5 Å². The summed E-state index contributed by atoms with van der Waals surface area (Å²) in [5.41, 5.74) is 0.901. The van der Waals surface area contributed by atoms with Gasteiger partial charge < -0.3 is 10.1 Å². The highest BCUT2D eigenvalue weighted by molar-refractivity contribution is 7.92. The molecule has 0 aliphatic heterocycles. The molecule has 0 saturated carbocycles. The molecule has 32 heavy (non-hydrogen) atoms. The minimum atomic E-state index is -4.03. The van der Waals surface area contributed by atoms with E-state index < -0.39 is 28.4 Å². The first kappa shape index (κ1) is 23.3. The van der Waals surface area contributed by atoms with Gasteiger partial charge in [0.1, 0.15) is 6.54 Å². The lowest BCUT2D eigenvalue weighted by Crippen LogP contribution is -2.38. The van der Waals surface area contributed by atoms with Crippen LogP contribution in [0.2, 0.25) is 5.02 Å². The number of hydrogen-bond acceptors (Lipinski definition) is 5. The number of halogens is 1. The number of carbonyl (C=O) groups excluding carboxylic acids is 2. The van der Waals surface area contributed by atoms with Crippen LogP contribution in [0.5, 0.6) is 0 Å². The first-order valence-electron chi connectivity index (χ1n) is 9.71. The van der Waals surface area contributed by atoms with Gasteiger partial charge in [-0.25, -0.2) is 13.2 Å². The molecule has 0 aromatic heterocycles. The number of benzene rings is 3. The Kier molecular flexibility index (Phi) is 7.50. The van der Waals surface area contributed by atoms with E-state index in [2.05, 4.69) is 5.32 Å². The molecule has 3 rings (SSSR count). The molecular weight excluding hydrogens is 452 g/mol. The largest absolute Gasteiger partial charge is 0.462 e. The average Bonchev–Trinajstić information content (AvgIpc) is 2.79. The van der Waals surface area contributed by atoms with Crippen molar-refractivity contribution in [3.63, 3.8) is 0 Å². The SMILES string of the molecule is CCOC(=O)c1cccc(NC(=O)CN(c2ccc(Cl)cc2)S(=O)(=O)c2ccccc2)c1. The Morgan fingerprint density at radius 2 is 1.66 bits per heavy atom. The van der Waals surface area contributed by atoms with Gasteiger partial charge in [0, 0.05) is 10.7 Å². The number of amides is 1. The van der Waals surface area contributed by atoms with E-state index in [1.54, 1.807) is 55.5 Å². The Morgan fingerprint density at radius 3 is 2.31 bits per heavy atom. The molecule has 3 aromatic rings. The molecule has 9 heteroatoms. The number of sulfonamides is 1. The molecule has 3 aromatic carbocycles. The predicted molar refractivity (Wildman–Crippen MR) is 123 cm³/mol. The number of carbonyl (C=O) groups is 2. The van der Waals surface area contributed by atoms with Crippen LogP contribution in [0, 0.1) is 0 Å². The molecule has 0 spiro atoms. The highest BCUT2D eigenvalue weighted by Gasteiger charge is 2.27. The zero-order chi connectivity index (χ0) is 23.1. The van der Waals surface area contributed by atoms with Crippen LogP contribution in [-0.4, -0.2) is 33.4 Å². The van der Waals surface area contributed by atoms with Crippen LogP contribution < -0.4 is 9.62 Å². The third kappa shape index (κ3) is 5.66. The minimum Gasteiger partial charge on any atom is -0.462 e. The highest BCUT2D eigenvalue weighted by Crippen LogP contribution is 2.25. The van der Waals surface area contributed by atoms with Crippen LogP contribution >= 0.6 is 11.6 Å². The molecule has 1 amide bonds. The second-order valence-corrected chi connectivity index (χ2v) is 8.95. The molecule has 7 nitrogen and oxygen atoms in total. The average molecular weight is 473 g/mol. The summed E-state index contributed by atoms with van der Waals surface area (Å²) in [5.74, 6) is -1.10. The summed E-state index contributed by atoms with van der Waals surface area (Å²) in [4.78, 5) is 24.8. The molecule has 0 heterocycles. The first-order chi connectivity index (χ1) is 15.3. The monoisotopic (exact) mass is 472 g/mol. The molecule has 0 bridgehead atoms. The van der Waals surface area contributed by atoms with Gasteiger partial charge in [0.25, 0.3) is 10.0 Å². The Labute approximate surface area is 191 Å². The van der Waals surface area contributed by atoms with E-state index in [0.29, 0.717) is 10.7 Å². The van der Waals surface area contributed by atoms with E-state index in [-0.39, 0.29) is 22.8 Å². The van der Waals surface area contributed by atoms with Crippen molar-refractivity contribution < 1.29 is 22.7 Å². The van der Waals surface area contributed by atoms with Gasteiger partial charge in [-0.2, -0.15) is 0 Å². The highest BCUT2D eigenvalue weighted by atomic mass is 35.5. The van der Waals surface area contributed by atoms with E-state index in [4.69, 9.17) is 16.3 Å². The molecule has 1 N–H and O–H groups in total. The Bertz CT molecular complexity index is 1200. The second-order valence-electron chi connectivity index (χ2n) is 6.65. The van der Waals surface area contributed by atoms with Crippen molar-refractivity contribution in [2.24, 2.45) is 0 Å². The van der Waals surface area contributed by atoms with Crippen molar-refractivity contribution in [2.45, 2.75) is 11.8 Å². The maximum atomic E-state index is 13.3. The Morgan fingerprint density at radius 1 is 0.969 bits per heavy atom. The molecule has 0 saturated heterocycles. The lowest BCUT2D eigenvalue weighted by atomic mass is 10.2. The van der Waals surface area contributed by atoms with Crippen molar-refractivity contribution in [3.8, 4) is 0 Å². The molecule has 0 fully saturated rings. The van der Waals surface area contributed by atoms with Crippen LogP contribution in [0.15, 0.2) is 83.8 Å². The quantitative estimate of drug-likeness (QED) is 0.492. The fraction of sp³-hybridized carbons (Fsp3) is 0.130. The normalized spacial score (nSPS) is 10.9. The predicted octanol–water partition coefficient (Wildman–Crippen LogP) is 4.35. The van der Waals surface area contributed by atoms with Crippen molar-refractivity contribution in [1.82, 2.24) is 0 Å². The molecular formula is C23H21ClN2O5S.